The number of hydrogen-bond acceptors (Lipinski definition) is 0. The summed E-state index contributed by atoms with van der Waals surface area (Å²) in [4.78, 5) is 0. The van der Waals surface area contributed by atoms with E-state index in [9.17, 15) is 0 Å². The Labute approximate surface area is 404 Å². The molecule has 3 aliphatic carbocycles. The number of fused-ring (bicyclic) bond motifs is 3. The molecule has 0 aliphatic heterocycles. The van der Waals surface area contributed by atoms with Crippen molar-refractivity contribution in [2.24, 2.45) is 0 Å². The maximum absolute atomic E-state index is 2.50. The fourth-order valence-corrected chi connectivity index (χ4v) is 11.3. The third-order valence-corrected chi connectivity index (χ3v) is 14.6. The Bertz CT molecular complexity index is 2820. The van der Waals surface area contributed by atoms with Gasteiger partial charge in [0.2, 0.25) is 0 Å². The molecule has 0 radical (unpaired) electrons. The van der Waals surface area contributed by atoms with Crippen LogP contribution in [0.2, 0.25) is 0 Å². The number of aryl methyl sites for hydroxylation is 1. The molecule has 0 saturated heterocycles. The Morgan fingerprint density at radius 3 is 1.67 bits per heavy atom. The fourth-order valence-electron chi connectivity index (χ4n) is 11.3. The third-order valence-electron chi connectivity index (χ3n) is 14.6. The van der Waals surface area contributed by atoms with Gasteiger partial charge in [-0.15, -0.1) is 0 Å². The predicted octanol–water partition coefficient (Wildman–Crippen LogP) is 19.6. The van der Waals surface area contributed by atoms with Gasteiger partial charge in [-0.25, -0.2) is 0 Å². The van der Waals surface area contributed by atoms with Gasteiger partial charge in [-0.1, -0.05) is 243 Å². The van der Waals surface area contributed by atoms with Crippen LogP contribution in [0.4, 0.5) is 0 Å². The molecule has 0 heteroatoms. The van der Waals surface area contributed by atoms with Gasteiger partial charge in [0.1, 0.15) is 0 Å². The van der Waals surface area contributed by atoms with E-state index in [-0.39, 0.29) is 5.92 Å². The zero-order valence-electron chi connectivity index (χ0n) is 41.4. The molecule has 0 aromatic heterocycles. The van der Waals surface area contributed by atoms with Gasteiger partial charge in [-0.3, -0.25) is 0 Å². The Kier molecular flexibility index (Phi) is 15.9. The van der Waals surface area contributed by atoms with Gasteiger partial charge in [-0.05, 0) is 158 Å². The highest BCUT2D eigenvalue weighted by Gasteiger charge is 2.36. The van der Waals surface area contributed by atoms with Crippen LogP contribution in [0.1, 0.15) is 150 Å². The van der Waals surface area contributed by atoms with Crippen LogP contribution in [0.15, 0.2) is 199 Å². The topological polar surface area (TPSA) is 0 Å². The standard InChI is InChI=1S/C59H54.C6H12.C2H6/c1-6-49-55(45-25-14-9-15-26-45)38-48(44-23-12-8-13-24-44)35-41(4)58(49)59-42(5)52-33-31-47(37-57(52)53-28-18-19-29-54(53)59)46-30-32-51(40(3)34-43-21-10-7-11-22-43)56(36-46)50-27-17-16-20-39(50)2;1-2-4-6-5-3-1;1-2/h7-33,36-38,40,42,59H,6,34-35H2,1-5H3;1-6H2;1-2H3. The lowest BCUT2D eigenvalue weighted by atomic mass is 9.66. The molecule has 0 nitrogen and oxygen atoms in total. The molecule has 0 heterocycles. The molecular weight excluding hydrogens is 805 g/mol. The van der Waals surface area contributed by atoms with Crippen molar-refractivity contribution in [1.29, 1.82) is 0 Å². The van der Waals surface area contributed by atoms with E-state index >= 15 is 0 Å². The van der Waals surface area contributed by atoms with Crippen LogP contribution >= 0.6 is 0 Å². The second kappa shape index (κ2) is 22.5. The molecule has 0 N–H and O–H groups in total. The molecule has 340 valence electrons. The first-order valence-corrected chi connectivity index (χ1v) is 25.6. The fraction of sp³-hybridized carbons (Fsp3) is 0.284. The van der Waals surface area contributed by atoms with E-state index in [1.54, 1.807) is 0 Å². The molecule has 10 rings (SSSR count). The Morgan fingerprint density at radius 2 is 1.04 bits per heavy atom. The molecule has 0 spiro atoms. The van der Waals surface area contributed by atoms with Crippen LogP contribution in [0.25, 0.3) is 44.5 Å². The first kappa shape index (κ1) is 47.3. The summed E-state index contributed by atoms with van der Waals surface area (Å²) in [6, 6.07) is 65.7. The second-order valence-corrected chi connectivity index (χ2v) is 19.0. The van der Waals surface area contributed by atoms with Crippen molar-refractivity contribution in [2.45, 2.75) is 124 Å². The molecular formula is C67H72. The van der Waals surface area contributed by atoms with Crippen LogP contribution in [0, 0.1) is 6.92 Å². The lowest BCUT2D eigenvalue weighted by molar-refractivity contribution is 0.504. The summed E-state index contributed by atoms with van der Waals surface area (Å²) in [5.74, 6) is 0.902. The van der Waals surface area contributed by atoms with Gasteiger partial charge in [0.15, 0.2) is 0 Å². The molecule has 7 aromatic rings. The number of allylic oxidation sites excluding steroid dienone is 6. The minimum atomic E-state index is 0.236. The highest BCUT2D eigenvalue weighted by molar-refractivity contribution is 5.91. The van der Waals surface area contributed by atoms with Crippen LogP contribution in [0.3, 0.4) is 0 Å². The van der Waals surface area contributed by atoms with Crippen molar-refractivity contribution in [1.82, 2.24) is 0 Å². The molecule has 1 fully saturated rings. The van der Waals surface area contributed by atoms with Crippen LogP contribution in [-0.4, -0.2) is 0 Å². The number of benzene rings is 7. The Balaban J connectivity index is 0.000000698. The maximum atomic E-state index is 2.50. The molecule has 7 aromatic carbocycles. The maximum Gasteiger partial charge on any atom is 0.0164 e. The summed E-state index contributed by atoms with van der Waals surface area (Å²) >= 11 is 0. The van der Waals surface area contributed by atoms with Gasteiger partial charge in [0, 0.05) is 5.92 Å². The normalized spacial score (nSPS) is 17.1. The molecule has 0 bridgehead atoms. The highest BCUT2D eigenvalue weighted by atomic mass is 14.4. The molecule has 1 saturated carbocycles. The first-order chi connectivity index (χ1) is 32.9. The van der Waals surface area contributed by atoms with Crippen molar-refractivity contribution in [3.05, 3.63) is 238 Å². The Hall–Kier alpha value is -6.24. The SMILES string of the molecule is C1CCCCC1.CC.CCC1=C(c2ccccc2)C=C(c2ccccc2)CC(C)=C1C1c2ccccc2-c2cc(-c3ccc(C(C)Cc4ccccc4)c(-c4ccccc4C)c3)ccc2C1C. The van der Waals surface area contributed by atoms with Crippen molar-refractivity contribution >= 4 is 11.1 Å². The van der Waals surface area contributed by atoms with Crippen LogP contribution in [-0.2, 0) is 6.42 Å². The summed E-state index contributed by atoms with van der Waals surface area (Å²) in [6.45, 7) is 15.9. The van der Waals surface area contributed by atoms with E-state index in [2.05, 4.69) is 217 Å². The molecule has 3 atom stereocenters. The van der Waals surface area contributed by atoms with Crippen molar-refractivity contribution < 1.29 is 0 Å². The molecule has 0 amide bonds. The van der Waals surface area contributed by atoms with E-state index in [1.165, 1.54) is 139 Å². The zero-order chi connectivity index (χ0) is 46.7. The van der Waals surface area contributed by atoms with Crippen LogP contribution in [0.5, 0.6) is 0 Å². The monoisotopic (exact) mass is 877 g/mol. The van der Waals surface area contributed by atoms with E-state index in [0.29, 0.717) is 11.8 Å². The summed E-state index contributed by atoms with van der Waals surface area (Å²) in [6.07, 6.45) is 14.4. The molecule has 3 aliphatic rings. The summed E-state index contributed by atoms with van der Waals surface area (Å²) in [5, 5.41) is 0. The van der Waals surface area contributed by atoms with Crippen molar-refractivity contribution in [2.75, 3.05) is 0 Å². The van der Waals surface area contributed by atoms with Gasteiger partial charge in [0.05, 0.1) is 0 Å². The summed E-state index contributed by atoms with van der Waals surface area (Å²) in [7, 11) is 0. The minimum absolute atomic E-state index is 0.236. The number of hydrogen-bond donors (Lipinski definition) is 0. The first-order valence-electron chi connectivity index (χ1n) is 25.6. The highest BCUT2D eigenvalue weighted by Crippen LogP contribution is 2.55. The average Bonchev–Trinajstić information content (AvgIpc) is 3.54. The van der Waals surface area contributed by atoms with Crippen LogP contribution < -0.4 is 0 Å². The lowest BCUT2D eigenvalue weighted by Gasteiger charge is -2.37. The summed E-state index contributed by atoms with van der Waals surface area (Å²) in [5.41, 5.74) is 24.7. The lowest BCUT2D eigenvalue weighted by Crippen LogP contribution is -2.20. The summed E-state index contributed by atoms with van der Waals surface area (Å²) < 4.78 is 0. The molecule has 67 heavy (non-hydrogen) atoms. The quantitative estimate of drug-likeness (QED) is 0.136. The Morgan fingerprint density at radius 1 is 0.507 bits per heavy atom. The van der Waals surface area contributed by atoms with E-state index in [1.807, 2.05) is 13.8 Å². The van der Waals surface area contributed by atoms with Gasteiger partial charge < -0.3 is 0 Å². The smallest absolute Gasteiger partial charge is 0.0164 e. The largest absolute Gasteiger partial charge is 0.0683 e. The second-order valence-electron chi connectivity index (χ2n) is 19.0. The van der Waals surface area contributed by atoms with E-state index in [0.717, 1.165) is 19.3 Å². The minimum Gasteiger partial charge on any atom is -0.0683 e. The van der Waals surface area contributed by atoms with Gasteiger partial charge >= 0.3 is 0 Å². The zero-order valence-corrected chi connectivity index (χ0v) is 41.4. The van der Waals surface area contributed by atoms with Gasteiger partial charge in [-0.2, -0.15) is 0 Å². The average molecular weight is 877 g/mol. The van der Waals surface area contributed by atoms with E-state index in [4.69, 9.17) is 0 Å². The van der Waals surface area contributed by atoms with Crippen molar-refractivity contribution in [3.63, 3.8) is 0 Å². The molecule has 3 unspecified atom stereocenters. The number of rotatable bonds is 9. The third kappa shape index (κ3) is 10.5. The van der Waals surface area contributed by atoms with E-state index < -0.39 is 0 Å². The van der Waals surface area contributed by atoms with Gasteiger partial charge in [0.25, 0.3) is 0 Å². The predicted molar refractivity (Wildman–Crippen MR) is 292 cm³/mol. The van der Waals surface area contributed by atoms with Crippen molar-refractivity contribution in [3.8, 4) is 33.4 Å².